The number of hydrogen-bond acceptors (Lipinski definition) is 10. The van der Waals surface area contributed by atoms with Gasteiger partial charge in [0.1, 0.15) is 24.1 Å². The van der Waals surface area contributed by atoms with Crippen molar-refractivity contribution < 1.29 is 41.8 Å². The van der Waals surface area contributed by atoms with Gasteiger partial charge in [-0.15, -0.1) is 11.3 Å². The fourth-order valence-corrected chi connectivity index (χ4v) is 6.62. The highest BCUT2D eigenvalue weighted by Crippen LogP contribution is 2.42. The smallest absolute Gasteiger partial charge is 0.338 e. The number of nitrogens with zero attached hydrogens (tertiary/aromatic N) is 4. The lowest BCUT2D eigenvalue weighted by atomic mass is 9.87. The van der Waals surface area contributed by atoms with Crippen LogP contribution in [0.1, 0.15) is 55.8 Å². The van der Waals surface area contributed by atoms with Gasteiger partial charge in [-0.3, -0.25) is 19.5 Å². The van der Waals surface area contributed by atoms with Gasteiger partial charge in [-0.1, -0.05) is 12.1 Å². The molecule has 0 amide bonds. The number of carbonyl (C=O) groups is 2. The number of fused-ring (bicyclic) bond motifs is 1. The van der Waals surface area contributed by atoms with E-state index in [0.717, 1.165) is 5.06 Å². The van der Waals surface area contributed by atoms with Crippen LogP contribution < -0.4 is 5.32 Å². The van der Waals surface area contributed by atoms with Crippen molar-refractivity contribution in [2.45, 2.75) is 70.8 Å². The van der Waals surface area contributed by atoms with E-state index in [0.29, 0.717) is 16.4 Å². The molecule has 250 valence electrons. The molecule has 1 aromatic heterocycles. The summed E-state index contributed by atoms with van der Waals surface area (Å²) in [4.78, 5) is 41.0. The highest BCUT2D eigenvalue weighted by atomic mass is 32.1. The third-order valence-electron chi connectivity index (χ3n) is 8.66. The van der Waals surface area contributed by atoms with Crippen molar-refractivity contribution in [2.24, 2.45) is 10.4 Å². The molecule has 15 heteroatoms. The minimum Gasteiger partial charge on any atom is -0.481 e. The summed E-state index contributed by atoms with van der Waals surface area (Å²) in [5.74, 6) is -5.29. The molecule has 2 saturated heterocycles. The Morgan fingerprint density at radius 1 is 1.33 bits per heavy atom. The number of carbonyl (C=O) groups excluding carboxylic acids is 1. The zero-order valence-corrected chi connectivity index (χ0v) is 26.8. The monoisotopic (exact) mass is 667 g/mol. The number of amidine groups is 1. The van der Waals surface area contributed by atoms with Gasteiger partial charge in [-0.25, -0.2) is 27.3 Å². The van der Waals surface area contributed by atoms with Crippen LogP contribution in [-0.2, 0) is 19.2 Å². The summed E-state index contributed by atoms with van der Waals surface area (Å²) in [5, 5.41) is 15.7. The normalized spacial score (nSPS) is 24.0. The fraction of sp³-hybridized carbons (Fsp3) is 0.548. The molecule has 1 aromatic carbocycles. The predicted molar refractivity (Wildman–Crippen MR) is 162 cm³/mol. The molecule has 0 spiro atoms. The summed E-state index contributed by atoms with van der Waals surface area (Å²) in [6.45, 7) is 4.77. The molecule has 0 aliphatic carbocycles. The molecule has 2 fully saturated rings. The van der Waals surface area contributed by atoms with E-state index in [1.54, 1.807) is 31.5 Å². The zero-order chi connectivity index (χ0) is 33.4. The highest BCUT2D eigenvalue weighted by molar-refractivity contribution is 7.11. The van der Waals surface area contributed by atoms with Crippen molar-refractivity contribution in [3.63, 3.8) is 0 Å². The number of ether oxygens (including phenoxy) is 1. The second-order valence-electron chi connectivity index (χ2n) is 12.3. The molecular formula is C31H37F4N5O5S. The number of rotatable bonds is 12. The third kappa shape index (κ3) is 6.82. The van der Waals surface area contributed by atoms with Gasteiger partial charge < -0.3 is 15.2 Å². The van der Waals surface area contributed by atoms with Crippen LogP contribution in [-0.4, -0.2) is 94.9 Å². The second kappa shape index (κ2) is 13.4. The Kier molecular flexibility index (Phi) is 9.87. The lowest BCUT2D eigenvalue weighted by Gasteiger charge is -2.31. The quantitative estimate of drug-likeness (QED) is 0.246. The van der Waals surface area contributed by atoms with Gasteiger partial charge in [0.25, 0.3) is 5.92 Å². The largest absolute Gasteiger partial charge is 0.481 e. The minimum atomic E-state index is -3.30. The molecule has 3 aliphatic heterocycles. The average molecular weight is 668 g/mol. The number of hydrogen-bond donors (Lipinski definition) is 2. The average Bonchev–Trinajstić information content (AvgIpc) is 3.73. The second-order valence-corrected chi connectivity index (χ2v) is 13.2. The zero-order valence-electron chi connectivity index (χ0n) is 25.9. The molecule has 0 saturated carbocycles. The summed E-state index contributed by atoms with van der Waals surface area (Å²) >= 11 is 1.28. The van der Waals surface area contributed by atoms with Crippen LogP contribution in [0.5, 0.6) is 0 Å². The van der Waals surface area contributed by atoms with E-state index in [2.05, 4.69) is 10.3 Å². The molecule has 5 rings (SSSR count). The van der Waals surface area contributed by atoms with Gasteiger partial charge >= 0.3 is 11.9 Å². The molecule has 10 nitrogen and oxygen atoms in total. The number of nitrogens with one attached hydrogen (secondary N) is 1. The number of esters is 1. The number of hydroxylamine groups is 2. The van der Waals surface area contributed by atoms with Gasteiger partial charge in [0.2, 0.25) is 0 Å². The SMILES string of the molecule is CCOC(=O)C1=C(CN2CC(F)(F)[C@H]3[C@@H]2CON3C[C@@H](F)CCC(C)(C)C(=O)O)NC(c2nccs2)=N[C@H]1c1cccc(F)c1C. The topological polar surface area (TPSA) is 117 Å². The molecule has 2 aromatic rings. The summed E-state index contributed by atoms with van der Waals surface area (Å²) in [6, 6.07) is 1.13. The van der Waals surface area contributed by atoms with E-state index in [9.17, 15) is 23.5 Å². The van der Waals surface area contributed by atoms with Gasteiger partial charge in [0.05, 0.1) is 43.3 Å². The molecule has 4 atom stereocenters. The van der Waals surface area contributed by atoms with E-state index in [4.69, 9.17) is 14.6 Å². The molecule has 46 heavy (non-hydrogen) atoms. The van der Waals surface area contributed by atoms with Crippen molar-refractivity contribution in [2.75, 3.05) is 32.8 Å². The number of aliphatic carboxylic acids is 1. The Balaban J connectivity index is 1.44. The first-order valence-corrected chi connectivity index (χ1v) is 15.9. The number of likely N-dealkylation sites (tertiary alicyclic amines) is 1. The van der Waals surface area contributed by atoms with Crippen LogP contribution in [0.2, 0.25) is 0 Å². The summed E-state index contributed by atoms with van der Waals surface area (Å²) in [6.07, 6.45) is -0.119. The third-order valence-corrected chi connectivity index (χ3v) is 9.44. The van der Waals surface area contributed by atoms with Crippen molar-refractivity contribution in [3.8, 4) is 0 Å². The maximum Gasteiger partial charge on any atom is 0.338 e. The molecule has 0 bridgehead atoms. The number of benzene rings is 1. The number of carboxylic acids is 1. The van der Waals surface area contributed by atoms with Gasteiger partial charge in [-0.2, -0.15) is 5.06 Å². The molecule has 2 N–H and O–H groups in total. The molecule has 0 radical (unpaired) electrons. The Labute approximate surface area is 268 Å². The van der Waals surface area contributed by atoms with Crippen LogP contribution in [0.25, 0.3) is 0 Å². The molecular weight excluding hydrogens is 630 g/mol. The van der Waals surface area contributed by atoms with E-state index in [1.807, 2.05) is 0 Å². The number of thiazole rings is 1. The van der Waals surface area contributed by atoms with Crippen molar-refractivity contribution >= 4 is 29.1 Å². The first kappa shape index (κ1) is 33.9. The van der Waals surface area contributed by atoms with E-state index < -0.39 is 66.5 Å². The van der Waals surface area contributed by atoms with Gasteiger partial charge in [0, 0.05) is 23.8 Å². The number of aromatic nitrogens is 1. The number of carboxylic acid groups (broad SMARTS) is 1. The van der Waals surface area contributed by atoms with Gasteiger partial charge in [0.15, 0.2) is 10.8 Å². The number of halogens is 4. The fourth-order valence-electron chi connectivity index (χ4n) is 6.03. The first-order chi connectivity index (χ1) is 21.7. The molecule has 0 unspecified atom stereocenters. The minimum absolute atomic E-state index is 0.0271. The van der Waals surface area contributed by atoms with Crippen molar-refractivity contribution in [3.05, 3.63) is 63.0 Å². The number of alkyl halides is 3. The van der Waals surface area contributed by atoms with E-state index in [-0.39, 0.29) is 49.4 Å². The highest BCUT2D eigenvalue weighted by Gasteiger charge is 2.61. The lowest BCUT2D eigenvalue weighted by Crippen LogP contribution is -2.47. The van der Waals surface area contributed by atoms with E-state index in [1.165, 1.54) is 42.2 Å². The Hall–Kier alpha value is -3.40. The van der Waals surface area contributed by atoms with Crippen LogP contribution in [0.3, 0.4) is 0 Å². The van der Waals surface area contributed by atoms with Crippen LogP contribution >= 0.6 is 11.3 Å². The van der Waals surface area contributed by atoms with Crippen LogP contribution in [0.4, 0.5) is 17.6 Å². The maximum absolute atomic E-state index is 15.6. The lowest BCUT2D eigenvalue weighted by molar-refractivity contribution is -0.189. The predicted octanol–water partition coefficient (Wildman–Crippen LogP) is 4.66. The maximum atomic E-state index is 15.6. The van der Waals surface area contributed by atoms with Crippen LogP contribution in [0.15, 0.2) is 46.0 Å². The van der Waals surface area contributed by atoms with Crippen LogP contribution in [0, 0.1) is 18.2 Å². The van der Waals surface area contributed by atoms with Crippen molar-refractivity contribution in [1.82, 2.24) is 20.3 Å². The standard InChI is InChI=1S/C31H37F4N5O5S/c1-5-44-28(41)23-21(37-26(27-36-11-12-46-27)38-24(23)19-7-6-8-20(33)17(19)2)14-39-16-31(34,35)25-22(39)15-45-40(25)13-18(32)9-10-30(3,4)29(42)43/h6-8,11-12,18,22,24-25H,5,9-10,13-16H2,1-4H3,(H,37,38)(H,42,43)/t18-,22-,24-,25+/m0/s1. The van der Waals surface area contributed by atoms with E-state index >= 15 is 8.78 Å². The number of aliphatic imine (C=N–C) groups is 1. The Morgan fingerprint density at radius 3 is 2.76 bits per heavy atom. The first-order valence-electron chi connectivity index (χ1n) is 15.0. The summed E-state index contributed by atoms with van der Waals surface area (Å²) in [5.41, 5.74) is -0.161. The van der Waals surface area contributed by atoms with Gasteiger partial charge in [-0.05, 0) is 57.7 Å². The summed E-state index contributed by atoms with van der Waals surface area (Å²) in [7, 11) is 0. The van der Waals surface area contributed by atoms with Crippen molar-refractivity contribution in [1.29, 1.82) is 0 Å². The Morgan fingerprint density at radius 2 is 2.09 bits per heavy atom. The Bertz CT molecular complexity index is 1520. The summed E-state index contributed by atoms with van der Waals surface area (Å²) < 4.78 is 66.4. The molecule has 4 heterocycles. The molecule has 3 aliphatic rings.